The molecule has 0 aliphatic carbocycles. The van der Waals surface area contributed by atoms with E-state index in [1.807, 2.05) is 12.1 Å². The summed E-state index contributed by atoms with van der Waals surface area (Å²) in [6.45, 7) is 9.03. The second-order valence-corrected chi connectivity index (χ2v) is 5.58. The minimum atomic E-state index is 0.0893. The molecule has 0 radical (unpaired) electrons. The third kappa shape index (κ3) is 7.28. The van der Waals surface area contributed by atoms with Gasteiger partial charge in [0.25, 0.3) is 0 Å². The van der Waals surface area contributed by atoms with Crippen LogP contribution >= 0.6 is 0 Å². The summed E-state index contributed by atoms with van der Waals surface area (Å²) < 4.78 is 0. The lowest BCUT2D eigenvalue weighted by Crippen LogP contribution is -2.34. The molecular formula is C18H30N2O. The van der Waals surface area contributed by atoms with Gasteiger partial charge in [-0.25, -0.2) is 0 Å². The smallest absolute Gasteiger partial charge is 0.238 e. The van der Waals surface area contributed by atoms with Gasteiger partial charge in [-0.15, -0.1) is 0 Å². The summed E-state index contributed by atoms with van der Waals surface area (Å²) in [7, 11) is 0. The highest BCUT2D eigenvalue weighted by Gasteiger charge is 2.10. The van der Waals surface area contributed by atoms with E-state index in [4.69, 9.17) is 0 Å². The number of nitrogens with one attached hydrogen (secondary N) is 1. The average molecular weight is 290 g/mol. The number of nitrogens with zero attached hydrogens (tertiary/aromatic N) is 1. The van der Waals surface area contributed by atoms with Crippen LogP contribution in [0.5, 0.6) is 0 Å². The number of hydrogen-bond donors (Lipinski definition) is 1. The molecule has 0 aliphatic heterocycles. The largest absolute Gasteiger partial charge is 0.325 e. The Kier molecular flexibility index (Phi) is 8.76. The number of carbonyl (C=O) groups is 1. The first-order valence-corrected chi connectivity index (χ1v) is 8.30. The zero-order valence-corrected chi connectivity index (χ0v) is 13.8. The van der Waals surface area contributed by atoms with Gasteiger partial charge in [0.2, 0.25) is 5.91 Å². The van der Waals surface area contributed by atoms with Crippen molar-refractivity contribution in [1.29, 1.82) is 0 Å². The van der Waals surface area contributed by atoms with E-state index in [0.717, 1.165) is 38.0 Å². The molecule has 3 nitrogen and oxygen atoms in total. The van der Waals surface area contributed by atoms with Crippen molar-refractivity contribution in [2.24, 2.45) is 0 Å². The maximum Gasteiger partial charge on any atom is 0.238 e. The van der Waals surface area contributed by atoms with Crippen molar-refractivity contribution >= 4 is 11.6 Å². The molecule has 0 saturated heterocycles. The van der Waals surface area contributed by atoms with Crippen molar-refractivity contribution in [3.05, 3.63) is 29.8 Å². The minimum Gasteiger partial charge on any atom is -0.325 e. The van der Waals surface area contributed by atoms with Crippen LogP contribution < -0.4 is 5.32 Å². The molecule has 1 rings (SSSR count). The number of benzene rings is 1. The Morgan fingerprint density at radius 2 is 1.57 bits per heavy atom. The predicted octanol–water partition coefficient (Wildman–Crippen LogP) is 4.09. The molecule has 1 aromatic rings. The van der Waals surface area contributed by atoms with Crippen LogP contribution in [0.15, 0.2) is 24.3 Å². The van der Waals surface area contributed by atoms with Crippen LogP contribution in [-0.4, -0.2) is 30.4 Å². The zero-order valence-electron chi connectivity index (χ0n) is 13.8. The van der Waals surface area contributed by atoms with Crippen LogP contribution in [0.3, 0.4) is 0 Å². The molecule has 0 saturated carbocycles. The highest BCUT2D eigenvalue weighted by atomic mass is 16.2. The van der Waals surface area contributed by atoms with Crippen LogP contribution in [0.1, 0.15) is 52.0 Å². The Bertz CT molecular complexity index is 392. The van der Waals surface area contributed by atoms with Gasteiger partial charge in [-0.05, 0) is 50.0 Å². The highest BCUT2D eigenvalue weighted by molar-refractivity contribution is 5.92. The standard InChI is InChI=1S/C18H30N2O/c1-4-7-13-20(14-8-5-2)15-18(21)19-17-11-9-16(6-3)10-12-17/h9-12H,4-8,13-15H2,1-3H3,(H,19,21). The number of carbonyl (C=O) groups excluding carboxylic acids is 1. The number of hydrogen-bond acceptors (Lipinski definition) is 2. The molecule has 1 amide bonds. The van der Waals surface area contributed by atoms with Crippen molar-refractivity contribution in [1.82, 2.24) is 4.90 Å². The first-order chi connectivity index (χ1) is 10.2. The quantitative estimate of drug-likeness (QED) is 0.704. The average Bonchev–Trinajstić information content (AvgIpc) is 2.50. The fourth-order valence-corrected chi connectivity index (χ4v) is 2.26. The minimum absolute atomic E-state index is 0.0893. The third-order valence-electron chi connectivity index (χ3n) is 3.67. The molecule has 0 aliphatic rings. The number of aryl methyl sites for hydroxylation is 1. The maximum atomic E-state index is 12.2. The highest BCUT2D eigenvalue weighted by Crippen LogP contribution is 2.10. The molecule has 0 bridgehead atoms. The van der Waals surface area contributed by atoms with Crippen LogP contribution in [0.2, 0.25) is 0 Å². The van der Waals surface area contributed by atoms with Crippen molar-refractivity contribution < 1.29 is 4.79 Å². The Labute approximate surface area is 129 Å². The molecule has 3 heteroatoms. The molecule has 0 heterocycles. The molecular weight excluding hydrogens is 260 g/mol. The molecule has 1 aromatic carbocycles. The van der Waals surface area contributed by atoms with E-state index in [9.17, 15) is 4.79 Å². The van der Waals surface area contributed by atoms with Gasteiger partial charge in [-0.1, -0.05) is 45.7 Å². The van der Waals surface area contributed by atoms with Crippen LogP contribution in [-0.2, 0) is 11.2 Å². The second kappa shape index (κ2) is 10.4. The van der Waals surface area contributed by atoms with Gasteiger partial charge in [-0.2, -0.15) is 0 Å². The SMILES string of the molecule is CCCCN(CCCC)CC(=O)Nc1ccc(CC)cc1. The van der Waals surface area contributed by atoms with Crippen molar-refractivity contribution in [3.63, 3.8) is 0 Å². The van der Waals surface area contributed by atoms with Gasteiger partial charge in [-0.3, -0.25) is 9.69 Å². The lowest BCUT2D eigenvalue weighted by Gasteiger charge is -2.21. The van der Waals surface area contributed by atoms with Crippen molar-refractivity contribution in [2.75, 3.05) is 25.0 Å². The number of unbranched alkanes of at least 4 members (excludes halogenated alkanes) is 2. The summed E-state index contributed by atoms with van der Waals surface area (Å²) in [4.78, 5) is 14.4. The summed E-state index contributed by atoms with van der Waals surface area (Å²) in [5, 5.41) is 3.00. The van der Waals surface area contributed by atoms with Gasteiger partial charge in [0.1, 0.15) is 0 Å². The molecule has 0 spiro atoms. The van der Waals surface area contributed by atoms with E-state index in [-0.39, 0.29) is 5.91 Å². The van der Waals surface area contributed by atoms with Crippen molar-refractivity contribution in [2.45, 2.75) is 52.9 Å². The van der Waals surface area contributed by atoms with Crippen LogP contribution in [0.25, 0.3) is 0 Å². The van der Waals surface area contributed by atoms with E-state index in [1.54, 1.807) is 0 Å². The predicted molar refractivity (Wildman–Crippen MR) is 90.7 cm³/mol. The van der Waals surface area contributed by atoms with Gasteiger partial charge in [0.05, 0.1) is 6.54 Å². The van der Waals surface area contributed by atoms with Crippen LogP contribution in [0.4, 0.5) is 5.69 Å². The number of anilines is 1. The number of amides is 1. The van der Waals surface area contributed by atoms with E-state index in [1.165, 1.54) is 18.4 Å². The molecule has 0 atom stereocenters. The summed E-state index contributed by atoms with van der Waals surface area (Å²) in [6.07, 6.45) is 5.67. The monoisotopic (exact) mass is 290 g/mol. The van der Waals surface area contributed by atoms with Crippen LogP contribution in [0, 0.1) is 0 Å². The van der Waals surface area contributed by atoms with Gasteiger partial charge in [0.15, 0.2) is 0 Å². The second-order valence-electron chi connectivity index (χ2n) is 5.58. The molecule has 1 N–H and O–H groups in total. The van der Waals surface area contributed by atoms with Gasteiger partial charge < -0.3 is 5.32 Å². The molecule has 118 valence electrons. The topological polar surface area (TPSA) is 32.3 Å². The lowest BCUT2D eigenvalue weighted by molar-refractivity contribution is -0.117. The molecule has 0 aromatic heterocycles. The molecule has 21 heavy (non-hydrogen) atoms. The summed E-state index contributed by atoms with van der Waals surface area (Å²) in [5.74, 6) is 0.0893. The Balaban J connectivity index is 2.47. The van der Waals surface area contributed by atoms with E-state index in [0.29, 0.717) is 6.54 Å². The van der Waals surface area contributed by atoms with Gasteiger partial charge >= 0.3 is 0 Å². The molecule has 0 unspecified atom stereocenters. The summed E-state index contributed by atoms with van der Waals surface area (Å²) in [5.41, 5.74) is 2.18. The Morgan fingerprint density at radius 3 is 2.05 bits per heavy atom. The lowest BCUT2D eigenvalue weighted by atomic mass is 10.1. The Morgan fingerprint density at radius 1 is 1.00 bits per heavy atom. The van der Waals surface area contributed by atoms with Gasteiger partial charge in [0, 0.05) is 5.69 Å². The zero-order chi connectivity index (χ0) is 15.5. The third-order valence-corrected chi connectivity index (χ3v) is 3.67. The fraction of sp³-hybridized carbons (Fsp3) is 0.611. The fourth-order valence-electron chi connectivity index (χ4n) is 2.26. The summed E-state index contributed by atoms with van der Waals surface area (Å²) >= 11 is 0. The van der Waals surface area contributed by atoms with E-state index >= 15 is 0 Å². The maximum absolute atomic E-state index is 12.2. The first-order valence-electron chi connectivity index (χ1n) is 8.30. The Hall–Kier alpha value is -1.35. The normalized spacial score (nSPS) is 10.9. The van der Waals surface area contributed by atoms with Crippen molar-refractivity contribution in [3.8, 4) is 0 Å². The van der Waals surface area contributed by atoms with E-state index in [2.05, 4.69) is 43.1 Å². The first kappa shape index (κ1) is 17.7. The van der Waals surface area contributed by atoms with E-state index < -0.39 is 0 Å². The summed E-state index contributed by atoms with van der Waals surface area (Å²) in [6, 6.07) is 8.11. The number of rotatable bonds is 10. The molecule has 0 fully saturated rings.